The molecule has 0 aromatic heterocycles. The molecular weight excluding hydrogens is 210 g/mol. The molecule has 0 spiro atoms. The Labute approximate surface area is 94.4 Å². The van der Waals surface area contributed by atoms with E-state index in [4.69, 9.17) is 4.74 Å². The van der Waals surface area contributed by atoms with E-state index in [0.717, 1.165) is 6.07 Å². The Bertz CT molecular complexity index is 401. The van der Waals surface area contributed by atoms with Gasteiger partial charge < -0.3 is 4.74 Å². The minimum Gasteiger partial charge on any atom is -0.373 e. The first-order valence-electron chi connectivity index (χ1n) is 5.61. The van der Waals surface area contributed by atoms with Gasteiger partial charge in [0, 0.05) is 12.0 Å². The highest BCUT2D eigenvalue weighted by atomic mass is 19.1. The number of fused-ring (bicyclic) bond motifs is 1. The van der Waals surface area contributed by atoms with Gasteiger partial charge in [-0.3, -0.25) is 0 Å². The highest BCUT2D eigenvalue weighted by Crippen LogP contribution is 2.39. The van der Waals surface area contributed by atoms with E-state index in [1.165, 1.54) is 6.07 Å². The molecule has 1 aromatic carbocycles. The third kappa shape index (κ3) is 1.84. The van der Waals surface area contributed by atoms with Crippen molar-refractivity contribution < 1.29 is 13.5 Å². The molecular formula is C13H16F2O. The van der Waals surface area contributed by atoms with Crippen LogP contribution in [0, 0.1) is 17.6 Å². The normalized spacial score (nSPS) is 24.6. The van der Waals surface area contributed by atoms with E-state index in [-0.39, 0.29) is 17.9 Å². The van der Waals surface area contributed by atoms with E-state index in [2.05, 4.69) is 0 Å². The fraction of sp³-hybridized carbons (Fsp3) is 0.538. The zero-order chi connectivity index (χ0) is 11.9. The lowest BCUT2D eigenvalue weighted by Gasteiger charge is -2.32. The number of hydrogen-bond acceptors (Lipinski definition) is 1. The van der Waals surface area contributed by atoms with Crippen LogP contribution in [-0.2, 0) is 4.74 Å². The average molecular weight is 226 g/mol. The lowest BCUT2D eigenvalue weighted by Crippen LogP contribution is -2.24. The zero-order valence-electron chi connectivity index (χ0n) is 9.76. The Morgan fingerprint density at radius 1 is 1.31 bits per heavy atom. The van der Waals surface area contributed by atoms with Crippen molar-refractivity contribution in [3.63, 3.8) is 0 Å². The average Bonchev–Trinajstić information content (AvgIpc) is 2.19. The van der Waals surface area contributed by atoms with Crippen molar-refractivity contribution in [3.05, 3.63) is 34.9 Å². The molecule has 0 aliphatic carbocycles. The second-order valence-corrected chi connectivity index (χ2v) is 4.72. The number of ether oxygens (including phenoxy) is 1. The first-order chi connectivity index (χ1) is 7.50. The first-order valence-corrected chi connectivity index (χ1v) is 5.61. The molecule has 1 nitrogen and oxygen atoms in total. The van der Waals surface area contributed by atoms with Crippen LogP contribution in [0.1, 0.15) is 43.9 Å². The molecule has 0 saturated carbocycles. The van der Waals surface area contributed by atoms with Crippen LogP contribution in [0.5, 0.6) is 0 Å². The van der Waals surface area contributed by atoms with E-state index in [1.54, 1.807) is 0 Å². The molecule has 1 aliphatic rings. The van der Waals surface area contributed by atoms with Crippen molar-refractivity contribution in [2.75, 3.05) is 6.61 Å². The molecule has 0 unspecified atom stereocenters. The van der Waals surface area contributed by atoms with Crippen molar-refractivity contribution in [1.82, 2.24) is 0 Å². The van der Waals surface area contributed by atoms with Gasteiger partial charge in [0.15, 0.2) is 0 Å². The van der Waals surface area contributed by atoms with E-state index < -0.39 is 11.6 Å². The summed E-state index contributed by atoms with van der Waals surface area (Å²) in [5.74, 6) is -0.669. The van der Waals surface area contributed by atoms with Gasteiger partial charge in [-0.25, -0.2) is 8.78 Å². The Kier molecular flexibility index (Phi) is 2.98. The topological polar surface area (TPSA) is 9.23 Å². The van der Waals surface area contributed by atoms with Crippen LogP contribution in [0.2, 0.25) is 0 Å². The van der Waals surface area contributed by atoms with Crippen molar-refractivity contribution in [2.45, 2.75) is 32.8 Å². The van der Waals surface area contributed by atoms with Gasteiger partial charge >= 0.3 is 0 Å². The maximum atomic E-state index is 13.8. The molecule has 0 radical (unpaired) electrons. The fourth-order valence-electron chi connectivity index (χ4n) is 2.28. The quantitative estimate of drug-likeness (QED) is 0.707. The van der Waals surface area contributed by atoms with Crippen LogP contribution in [0.15, 0.2) is 12.1 Å². The molecule has 1 aromatic rings. The third-order valence-electron chi connectivity index (χ3n) is 3.27. The standard InChI is InChI=1S/C13H16F2O/c1-7(2)11-6-16-8(3)10-4-9(14)5-12(15)13(10)11/h4-5,7-8,11H,6H2,1-3H3/t8-,11+/m0/s1. The molecule has 0 fully saturated rings. The number of hydrogen-bond donors (Lipinski definition) is 0. The van der Waals surface area contributed by atoms with Crippen LogP contribution < -0.4 is 0 Å². The molecule has 3 heteroatoms. The number of halogens is 2. The largest absolute Gasteiger partial charge is 0.373 e. The first kappa shape index (κ1) is 11.5. The molecule has 16 heavy (non-hydrogen) atoms. The third-order valence-corrected chi connectivity index (χ3v) is 3.27. The van der Waals surface area contributed by atoms with Crippen LogP contribution in [0.25, 0.3) is 0 Å². The van der Waals surface area contributed by atoms with Crippen molar-refractivity contribution in [2.24, 2.45) is 5.92 Å². The summed E-state index contributed by atoms with van der Waals surface area (Å²) >= 11 is 0. The molecule has 2 rings (SSSR count). The van der Waals surface area contributed by atoms with Gasteiger partial charge in [-0.15, -0.1) is 0 Å². The summed E-state index contributed by atoms with van der Waals surface area (Å²) < 4.78 is 32.5. The molecule has 88 valence electrons. The number of benzene rings is 1. The maximum Gasteiger partial charge on any atom is 0.130 e. The van der Waals surface area contributed by atoms with Gasteiger partial charge in [-0.2, -0.15) is 0 Å². The van der Waals surface area contributed by atoms with Crippen LogP contribution >= 0.6 is 0 Å². The Balaban J connectivity index is 2.56. The van der Waals surface area contributed by atoms with Gasteiger partial charge in [0.1, 0.15) is 11.6 Å². The lowest BCUT2D eigenvalue weighted by molar-refractivity contribution is 0.0291. The van der Waals surface area contributed by atoms with Gasteiger partial charge in [-0.05, 0) is 30.0 Å². The molecule has 0 N–H and O–H groups in total. The van der Waals surface area contributed by atoms with E-state index in [9.17, 15) is 8.78 Å². The lowest BCUT2D eigenvalue weighted by atomic mass is 9.82. The predicted octanol–water partition coefficient (Wildman–Crippen LogP) is 3.80. The van der Waals surface area contributed by atoms with Gasteiger partial charge in [0.2, 0.25) is 0 Å². The summed E-state index contributed by atoms with van der Waals surface area (Å²) in [4.78, 5) is 0. The monoisotopic (exact) mass is 226 g/mol. The van der Waals surface area contributed by atoms with Crippen LogP contribution in [-0.4, -0.2) is 6.61 Å². The molecule has 2 atom stereocenters. The molecule has 0 saturated heterocycles. The Hall–Kier alpha value is -0.960. The van der Waals surface area contributed by atoms with E-state index in [0.29, 0.717) is 17.7 Å². The number of rotatable bonds is 1. The second-order valence-electron chi connectivity index (χ2n) is 4.72. The summed E-state index contributed by atoms with van der Waals surface area (Å²) in [6, 6.07) is 2.35. The summed E-state index contributed by atoms with van der Waals surface area (Å²) in [5.41, 5.74) is 1.29. The smallest absolute Gasteiger partial charge is 0.130 e. The van der Waals surface area contributed by atoms with E-state index in [1.807, 2.05) is 20.8 Å². The summed E-state index contributed by atoms with van der Waals surface area (Å²) in [7, 11) is 0. The summed E-state index contributed by atoms with van der Waals surface area (Å²) in [5, 5.41) is 0. The minimum absolute atomic E-state index is 0.0202. The predicted molar refractivity (Wildman–Crippen MR) is 58.3 cm³/mol. The molecule has 0 bridgehead atoms. The Morgan fingerprint density at radius 2 is 2.00 bits per heavy atom. The molecule has 0 amide bonds. The maximum absolute atomic E-state index is 13.8. The molecule has 1 aliphatic heterocycles. The molecule has 1 heterocycles. The van der Waals surface area contributed by atoms with Gasteiger partial charge in [-0.1, -0.05) is 13.8 Å². The van der Waals surface area contributed by atoms with Crippen molar-refractivity contribution >= 4 is 0 Å². The zero-order valence-corrected chi connectivity index (χ0v) is 9.76. The SMILES string of the molecule is CC(C)[C@H]1CO[C@@H](C)c2cc(F)cc(F)c21. The van der Waals surface area contributed by atoms with Crippen LogP contribution in [0.4, 0.5) is 8.78 Å². The van der Waals surface area contributed by atoms with Crippen molar-refractivity contribution in [1.29, 1.82) is 0 Å². The fourth-order valence-corrected chi connectivity index (χ4v) is 2.28. The van der Waals surface area contributed by atoms with Crippen LogP contribution in [0.3, 0.4) is 0 Å². The highest BCUT2D eigenvalue weighted by molar-refractivity contribution is 5.36. The Morgan fingerprint density at radius 3 is 2.62 bits per heavy atom. The van der Waals surface area contributed by atoms with Crippen molar-refractivity contribution in [3.8, 4) is 0 Å². The summed E-state index contributed by atoms with van der Waals surface area (Å²) in [6.07, 6.45) is -0.227. The van der Waals surface area contributed by atoms with Gasteiger partial charge in [0.25, 0.3) is 0 Å². The second kappa shape index (κ2) is 4.13. The summed E-state index contributed by atoms with van der Waals surface area (Å²) in [6.45, 7) is 6.38. The van der Waals surface area contributed by atoms with E-state index >= 15 is 0 Å². The van der Waals surface area contributed by atoms with Gasteiger partial charge in [0.05, 0.1) is 12.7 Å². The minimum atomic E-state index is -0.531. The highest BCUT2D eigenvalue weighted by Gasteiger charge is 2.30.